The molecule has 1 atom stereocenters. The number of fused-ring (bicyclic) bond motifs is 2. The maximum Gasteiger partial charge on any atom is 0.156 e. The minimum atomic E-state index is 0.432. The molecule has 130 valence electrons. The molecular weight excluding hydrogens is 324 g/mol. The minimum absolute atomic E-state index is 0.432. The van der Waals surface area contributed by atoms with Crippen molar-refractivity contribution in [2.24, 2.45) is 0 Å². The number of rotatable bonds is 3. The van der Waals surface area contributed by atoms with Gasteiger partial charge >= 0.3 is 0 Å². The third kappa shape index (κ3) is 2.59. The van der Waals surface area contributed by atoms with Crippen molar-refractivity contribution in [3.63, 3.8) is 0 Å². The van der Waals surface area contributed by atoms with E-state index in [9.17, 15) is 0 Å². The smallest absolute Gasteiger partial charge is 0.156 e. The van der Waals surface area contributed by atoms with Crippen LogP contribution in [0.3, 0.4) is 0 Å². The molecular formula is C20H20N6. The highest BCUT2D eigenvalue weighted by atomic mass is 15.2. The molecule has 1 aliphatic rings. The summed E-state index contributed by atoms with van der Waals surface area (Å²) < 4.78 is 0. The Bertz CT molecular complexity index is 1090. The van der Waals surface area contributed by atoms with Gasteiger partial charge in [0.2, 0.25) is 0 Å². The van der Waals surface area contributed by atoms with Crippen molar-refractivity contribution in [3.05, 3.63) is 48.8 Å². The number of H-pyrrole nitrogens is 1. The van der Waals surface area contributed by atoms with Gasteiger partial charge in [-0.05, 0) is 49.3 Å². The largest absolute Gasteiger partial charge is 0.364 e. The SMILES string of the molecule is CN1CCC(Nc2n[nH]c3cccc(-c4ccc5nccnc5c4)c23)C1. The van der Waals surface area contributed by atoms with Crippen LogP contribution in [0.4, 0.5) is 5.82 Å². The van der Waals surface area contributed by atoms with Gasteiger partial charge in [-0.2, -0.15) is 5.10 Å². The summed E-state index contributed by atoms with van der Waals surface area (Å²) in [6.45, 7) is 2.16. The Morgan fingerprint density at radius 1 is 1.12 bits per heavy atom. The number of aromatic amines is 1. The van der Waals surface area contributed by atoms with E-state index in [1.807, 2.05) is 6.07 Å². The third-order valence-electron chi connectivity index (χ3n) is 5.10. The topological polar surface area (TPSA) is 69.7 Å². The fraction of sp³-hybridized carbons (Fsp3) is 0.250. The molecule has 1 fully saturated rings. The van der Waals surface area contributed by atoms with Crippen LogP contribution >= 0.6 is 0 Å². The summed E-state index contributed by atoms with van der Waals surface area (Å²) in [4.78, 5) is 11.1. The Morgan fingerprint density at radius 2 is 2.00 bits per heavy atom. The number of likely N-dealkylation sites (N-methyl/N-ethyl adjacent to an activating group) is 1. The first-order valence-electron chi connectivity index (χ1n) is 8.91. The average Bonchev–Trinajstić information content (AvgIpc) is 3.28. The Labute approximate surface area is 151 Å². The summed E-state index contributed by atoms with van der Waals surface area (Å²) in [5, 5.41) is 12.5. The van der Waals surface area contributed by atoms with E-state index >= 15 is 0 Å². The summed E-state index contributed by atoms with van der Waals surface area (Å²) in [5.41, 5.74) is 5.12. The molecule has 0 spiro atoms. The van der Waals surface area contributed by atoms with Crippen LogP contribution in [0.15, 0.2) is 48.8 Å². The lowest BCUT2D eigenvalue weighted by molar-refractivity contribution is 0.414. The van der Waals surface area contributed by atoms with Gasteiger partial charge in [0.25, 0.3) is 0 Å². The zero-order valence-electron chi connectivity index (χ0n) is 14.6. The molecule has 0 amide bonds. The summed E-state index contributed by atoms with van der Waals surface area (Å²) >= 11 is 0. The van der Waals surface area contributed by atoms with Crippen LogP contribution < -0.4 is 5.32 Å². The van der Waals surface area contributed by atoms with Crippen LogP contribution in [0.25, 0.3) is 33.1 Å². The van der Waals surface area contributed by atoms with Crippen molar-refractivity contribution in [2.75, 3.05) is 25.5 Å². The van der Waals surface area contributed by atoms with E-state index in [0.29, 0.717) is 6.04 Å². The standard InChI is InChI=1S/C20H20N6/c1-26-10-7-14(12-26)23-20-19-15(3-2-4-17(19)24-25-20)13-5-6-16-18(11-13)22-9-8-21-16/h2-6,8-9,11,14H,7,10,12H2,1H3,(H2,23,24,25). The predicted molar refractivity (Wildman–Crippen MR) is 104 cm³/mol. The molecule has 3 heterocycles. The number of anilines is 1. The summed E-state index contributed by atoms with van der Waals surface area (Å²) in [7, 11) is 2.16. The highest BCUT2D eigenvalue weighted by molar-refractivity contribution is 6.03. The number of benzene rings is 2. The van der Waals surface area contributed by atoms with E-state index in [1.165, 1.54) is 0 Å². The molecule has 26 heavy (non-hydrogen) atoms. The Hall–Kier alpha value is -2.99. The normalized spacial score (nSPS) is 18.0. The first kappa shape index (κ1) is 15.3. The summed E-state index contributed by atoms with van der Waals surface area (Å²) in [6.07, 6.45) is 4.59. The van der Waals surface area contributed by atoms with E-state index in [-0.39, 0.29) is 0 Å². The number of aromatic nitrogens is 4. The van der Waals surface area contributed by atoms with Gasteiger partial charge in [0.15, 0.2) is 5.82 Å². The monoisotopic (exact) mass is 344 g/mol. The Kier molecular flexibility index (Phi) is 3.57. The molecule has 1 aliphatic heterocycles. The maximum atomic E-state index is 4.55. The van der Waals surface area contributed by atoms with Gasteiger partial charge in [0.1, 0.15) is 0 Å². The van der Waals surface area contributed by atoms with Crippen LogP contribution in [0.5, 0.6) is 0 Å². The molecule has 0 radical (unpaired) electrons. The van der Waals surface area contributed by atoms with Crippen LogP contribution in [0.1, 0.15) is 6.42 Å². The third-order valence-corrected chi connectivity index (χ3v) is 5.10. The van der Waals surface area contributed by atoms with E-state index in [2.05, 4.69) is 67.8 Å². The van der Waals surface area contributed by atoms with Gasteiger partial charge in [0, 0.05) is 25.0 Å². The molecule has 6 heteroatoms. The van der Waals surface area contributed by atoms with Gasteiger partial charge in [-0.15, -0.1) is 0 Å². The second-order valence-electron chi connectivity index (χ2n) is 6.95. The Morgan fingerprint density at radius 3 is 2.85 bits per heavy atom. The highest BCUT2D eigenvalue weighted by Crippen LogP contribution is 2.34. The second kappa shape index (κ2) is 6.07. The molecule has 1 unspecified atom stereocenters. The summed E-state index contributed by atoms with van der Waals surface area (Å²) in [5.74, 6) is 0.926. The number of hydrogen-bond donors (Lipinski definition) is 2. The molecule has 6 nitrogen and oxygen atoms in total. The van der Waals surface area contributed by atoms with Crippen molar-refractivity contribution in [1.82, 2.24) is 25.1 Å². The van der Waals surface area contributed by atoms with Crippen molar-refractivity contribution in [3.8, 4) is 11.1 Å². The number of nitrogens with one attached hydrogen (secondary N) is 2. The quantitative estimate of drug-likeness (QED) is 0.597. The fourth-order valence-corrected chi connectivity index (χ4v) is 3.79. The van der Waals surface area contributed by atoms with Gasteiger partial charge in [-0.3, -0.25) is 15.1 Å². The second-order valence-corrected chi connectivity index (χ2v) is 6.95. The fourth-order valence-electron chi connectivity index (χ4n) is 3.79. The van der Waals surface area contributed by atoms with E-state index in [0.717, 1.165) is 58.4 Å². The van der Waals surface area contributed by atoms with E-state index in [4.69, 9.17) is 0 Å². The molecule has 1 saturated heterocycles. The van der Waals surface area contributed by atoms with Crippen LogP contribution in [0.2, 0.25) is 0 Å². The lowest BCUT2D eigenvalue weighted by Crippen LogP contribution is -2.23. The number of hydrogen-bond acceptors (Lipinski definition) is 5. The van der Waals surface area contributed by atoms with Gasteiger partial charge in [-0.25, -0.2) is 0 Å². The number of likely N-dealkylation sites (tertiary alicyclic amines) is 1. The molecule has 4 aromatic rings. The Balaban J connectivity index is 1.61. The lowest BCUT2D eigenvalue weighted by Gasteiger charge is -2.13. The molecule has 2 aromatic heterocycles. The van der Waals surface area contributed by atoms with E-state index < -0.39 is 0 Å². The van der Waals surface area contributed by atoms with Crippen LogP contribution in [-0.2, 0) is 0 Å². The number of nitrogens with zero attached hydrogens (tertiary/aromatic N) is 4. The molecule has 0 bridgehead atoms. The van der Waals surface area contributed by atoms with Crippen molar-refractivity contribution < 1.29 is 0 Å². The van der Waals surface area contributed by atoms with Crippen molar-refractivity contribution in [2.45, 2.75) is 12.5 Å². The van der Waals surface area contributed by atoms with Crippen molar-refractivity contribution in [1.29, 1.82) is 0 Å². The summed E-state index contributed by atoms with van der Waals surface area (Å²) in [6, 6.07) is 12.9. The van der Waals surface area contributed by atoms with Crippen molar-refractivity contribution >= 4 is 27.8 Å². The molecule has 0 saturated carbocycles. The molecule has 2 N–H and O–H groups in total. The van der Waals surface area contributed by atoms with Gasteiger partial charge in [-0.1, -0.05) is 18.2 Å². The average molecular weight is 344 g/mol. The van der Waals surface area contributed by atoms with E-state index in [1.54, 1.807) is 12.4 Å². The molecule has 0 aliphatic carbocycles. The zero-order valence-corrected chi connectivity index (χ0v) is 14.6. The zero-order chi connectivity index (χ0) is 17.5. The maximum absolute atomic E-state index is 4.55. The van der Waals surface area contributed by atoms with Gasteiger partial charge < -0.3 is 10.2 Å². The molecule has 5 rings (SSSR count). The van der Waals surface area contributed by atoms with Crippen LogP contribution in [0, 0.1) is 0 Å². The van der Waals surface area contributed by atoms with Gasteiger partial charge in [0.05, 0.1) is 21.9 Å². The predicted octanol–water partition coefficient (Wildman–Crippen LogP) is 3.29. The minimum Gasteiger partial charge on any atom is -0.364 e. The first-order valence-corrected chi connectivity index (χ1v) is 8.91. The highest BCUT2D eigenvalue weighted by Gasteiger charge is 2.21. The van der Waals surface area contributed by atoms with Crippen LogP contribution in [-0.4, -0.2) is 51.2 Å². The lowest BCUT2D eigenvalue weighted by atomic mass is 10.0. The molecule has 2 aromatic carbocycles. The first-order chi connectivity index (χ1) is 12.8.